The number of halogens is 3. The number of hydrogen-bond donors (Lipinski definition) is 1. The van der Waals surface area contributed by atoms with E-state index < -0.39 is 23.6 Å². The van der Waals surface area contributed by atoms with Crippen molar-refractivity contribution >= 4 is 0 Å². The molecule has 1 atom stereocenters. The van der Waals surface area contributed by atoms with Crippen LogP contribution < -0.4 is 0 Å². The van der Waals surface area contributed by atoms with Crippen molar-refractivity contribution in [3.8, 4) is 0 Å². The van der Waals surface area contributed by atoms with E-state index in [9.17, 15) is 18.3 Å². The number of hydrogen-bond acceptors (Lipinski definition) is 1. The first-order valence-corrected chi connectivity index (χ1v) is 5.92. The standard InChI is InChI=1S/C13H15F3O/c14-10-6-9(7-11(15)12(10)16)13(17)8-4-2-1-3-5-8/h6-8,13,17H,1-5H2. The lowest BCUT2D eigenvalue weighted by molar-refractivity contribution is 0.0841. The molecular formula is C13H15F3O. The summed E-state index contributed by atoms with van der Waals surface area (Å²) in [6.45, 7) is 0. The van der Waals surface area contributed by atoms with Crippen LogP contribution in [0.1, 0.15) is 43.8 Å². The van der Waals surface area contributed by atoms with Gasteiger partial charge in [-0.3, -0.25) is 0 Å². The Morgan fingerprint density at radius 1 is 1.00 bits per heavy atom. The summed E-state index contributed by atoms with van der Waals surface area (Å²) in [5.41, 5.74) is 0.133. The van der Waals surface area contributed by atoms with Crippen molar-refractivity contribution in [3.05, 3.63) is 35.1 Å². The summed E-state index contributed by atoms with van der Waals surface area (Å²) in [7, 11) is 0. The highest BCUT2D eigenvalue weighted by molar-refractivity contribution is 5.22. The number of benzene rings is 1. The zero-order valence-corrected chi connectivity index (χ0v) is 9.43. The summed E-state index contributed by atoms with van der Waals surface area (Å²) in [6.07, 6.45) is 3.97. The van der Waals surface area contributed by atoms with Crippen molar-refractivity contribution in [2.24, 2.45) is 5.92 Å². The number of aliphatic hydroxyl groups is 1. The predicted molar refractivity (Wildman–Crippen MR) is 57.9 cm³/mol. The van der Waals surface area contributed by atoms with Gasteiger partial charge in [0.1, 0.15) is 0 Å². The molecule has 1 nitrogen and oxygen atoms in total. The fourth-order valence-corrected chi connectivity index (χ4v) is 2.47. The highest BCUT2D eigenvalue weighted by Crippen LogP contribution is 2.35. The lowest BCUT2D eigenvalue weighted by Gasteiger charge is -2.26. The van der Waals surface area contributed by atoms with E-state index in [1.165, 1.54) is 0 Å². The summed E-state index contributed by atoms with van der Waals surface area (Å²) in [6, 6.07) is 1.77. The van der Waals surface area contributed by atoms with E-state index in [2.05, 4.69) is 0 Å². The summed E-state index contributed by atoms with van der Waals surface area (Å²) in [4.78, 5) is 0. The predicted octanol–water partition coefficient (Wildman–Crippen LogP) is 3.72. The van der Waals surface area contributed by atoms with Crippen molar-refractivity contribution in [2.75, 3.05) is 0 Å². The fourth-order valence-electron chi connectivity index (χ4n) is 2.47. The van der Waals surface area contributed by atoms with Gasteiger partial charge in [-0.25, -0.2) is 13.2 Å². The fraction of sp³-hybridized carbons (Fsp3) is 0.538. The molecule has 0 saturated heterocycles. The van der Waals surface area contributed by atoms with E-state index >= 15 is 0 Å². The average Bonchev–Trinajstić information content (AvgIpc) is 2.35. The molecule has 1 aliphatic carbocycles. The summed E-state index contributed by atoms with van der Waals surface area (Å²) in [5, 5.41) is 10.0. The molecule has 1 unspecified atom stereocenters. The van der Waals surface area contributed by atoms with E-state index in [1.807, 2.05) is 0 Å². The third-order valence-corrected chi connectivity index (χ3v) is 3.44. The van der Waals surface area contributed by atoms with Gasteiger partial charge in [-0.2, -0.15) is 0 Å². The molecule has 0 bridgehead atoms. The third-order valence-electron chi connectivity index (χ3n) is 3.44. The Morgan fingerprint density at radius 3 is 2.06 bits per heavy atom. The van der Waals surface area contributed by atoms with Gasteiger partial charge in [0, 0.05) is 0 Å². The molecule has 1 saturated carbocycles. The van der Waals surface area contributed by atoms with Crippen LogP contribution in [0, 0.1) is 23.4 Å². The minimum atomic E-state index is -1.48. The van der Waals surface area contributed by atoms with Gasteiger partial charge in [0.15, 0.2) is 17.5 Å². The van der Waals surface area contributed by atoms with Gasteiger partial charge in [-0.15, -0.1) is 0 Å². The Kier molecular flexibility index (Phi) is 3.72. The van der Waals surface area contributed by atoms with Crippen LogP contribution in [0.3, 0.4) is 0 Å². The van der Waals surface area contributed by atoms with Crippen LogP contribution in [0.25, 0.3) is 0 Å². The maximum atomic E-state index is 13.0. The third kappa shape index (κ3) is 2.63. The lowest BCUT2D eigenvalue weighted by Crippen LogP contribution is -2.16. The Balaban J connectivity index is 2.21. The minimum absolute atomic E-state index is 0.0213. The zero-order chi connectivity index (χ0) is 12.4. The van der Waals surface area contributed by atoms with Gasteiger partial charge in [-0.1, -0.05) is 19.3 Å². The van der Waals surface area contributed by atoms with Gasteiger partial charge < -0.3 is 5.11 Å². The van der Waals surface area contributed by atoms with Gasteiger partial charge >= 0.3 is 0 Å². The average molecular weight is 244 g/mol. The number of aliphatic hydroxyl groups excluding tert-OH is 1. The molecule has 1 aliphatic rings. The highest BCUT2D eigenvalue weighted by atomic mass is 19.2. The Labute approximate surface area is 98.3 Å². The van der Waals surface area contributed by atoms with E-state index in [4.69, 9.17) is 0 Å². The molecule has 0 radical (unpaired) electrons. The van der Waals surface area contributed by atoms with Crippen LogP contribution in [0.2, 0.25) is 0 Å². The van der Waals surface area contributed by atoms with Crippen LogP contribution in [-0.2, 0) is 0 Å². The quantitative estimate of drug-likeness (QED) is 0.786. The molecule has 1 fully saturated rings. The van der Waals surface area contributed by atoms with Crippen molar-refractivity contribution in [1.29, 1.82) is 0 Å². The van der Waals surface area contributed by atoms with E-state index in [-0.39, 0.29) is 11.5 Å². The molecular weight excluding hydrogens is 229 g/mol. The molecule has 0 spiro atoms. The maximum Gasteiger partial charge on any atom is 0.194 e. The second kappa shape index (κ2) is 5.08. The van der Waals surface area contributed by atoms with Crippen LogP contribution in [0.15, 0.2) is 12.1 Å². The summed E-state index contributed by atoms with van der Waals surface area (Å²) < 4.78 is 38.9. The SMILES string of the molecule is OC(c1cc(F)c(F)c(F)c1)C1CCCCC1. The maximum absolute atomic E-state index is 13.0. The van der Waals surface area contributed by atoms with Gasteiger partial charge in [0.25, 0.3) is 0 Å². The van der Waals surface area contributed by atoms with Crippen molar-refractivity contribution < 1.29 is 18.3 Å². The van der Waals surface area contributed by atoms with E-state index in [0.29, 0.717) is 0 Å². The van der Waals surface area contributed by atoms with Gasteiger partial charge in [0.2, 0.25) is 0 Å². The van der Waals surface area contributed by atoms with Crippen LogP contribution in [-0.4, -0.2) is 5.11 Å². The van der Waals surface area contributed by atoms with E-state index in [0.717, 1.165) is 44.2 Å². The van der Waals surface area contributed by atoms with Crippen molar-refractivity contribution in [3.63, 3.8) is 0 Å². The van der Waals surface area contributed by atoms with Crippen LogP contribution >= 0.6 is 0 Å². The van der Waals surface area contributed by atoms with Gasteiger partial charge in [0.05, 0.1) is 6.10 Å². The first-order valence-electron chi connectivity index (χ1n) is 5.92. The molecule has 0 amide bonds. The lowest BCUT2D eigenvalue weighted by atomic mass is 9.83. The molecule has 17 heavy (non-hydrogen) atoms. The molecule has 1 aromatic carbocycles. The Bertz CT molecular complexity index is 377. The molecule has 2 rings (SSSR count). The Hall–Kier alpha value is -1.03. The first kappa shape index (κ1) is 12.4. The first-order chi connectivity index (χ1) is 8.09. The second-order valence-electron chi connectivity index (χ2n) is 4.64. The molecule has 0 aromatic heterocycles. The van der Waals surface area contributed by atoms with E-state index in [1.54, 1.807) is 0 Å². The molecule has 94 valence electrons. The van der Waals surface area contributed by atoms with Crippen LogP contribution in [0.4, 0.5) is 13.2 Å². The smallest absolute Gasteiger partial charge is 0.194 e. The molecule has 4 heteroatoms. The number of rotatable bonds is 2. The van der Waals surface area contributed by atoms with Gasteiger partial charge in [-0.05, 0) is 36.5 Å². The molecule has 0 aliphatic heterocycles. The molecule has 0 heterocycles. The molecule has 1 N–H and O–H groups in total. The minimum Gasteiger partial charge on any atom is -0.388 e. The normalized spacial score (nSPS) is 19.3. The topological polar surface area (TPSA) is 20.2 Å². The molecule has 1 aromatic rings. The zero-order valence-electron chi connectivity index (χ0n) is 9.43. The largest absolute Gasteiger partial charge is 0.388 e. The van der Waals surface area contributed by atoms with Crippen molar-refractivity contribution in [2.45, 2.75) is 38.2 Å². The van der Waals surface area contributed by atoms with Crippen LogP contribution in [0.5, 0.6) is 0 Å². The van der Waals surface area contributed by atoms with Crippen molar-refractivity contribution in [1.82, 2.24) is 0 Å². The second-order valence-corrected chi connectivity index (χ2v) is 4.64. The highest BCUT2D eigenvalue weighted by Gasteiger charge is 2.25. The Morgan fingerprint density at radius 2 is 1.53 bits per heavy atom. The summed E-state index contributed by atoms with van der Waals surface area (Å²) >= 11 is 0. The monoisotopic (exact) mass is 244 g/mol. The summed E-state index contributed by atoms with van der Waals surface area (Å²) in [5.74, 6) is -3.94.